The fraction of sp³-hybridized carbons (Fsp3) is 0.105. The van der Waals surface area contributed by atoms with Crippen LogP contribution in [0.1, 0.15) is 5.56 Å². The van der Waals surface area contributed by atoms with Gasteiger partial charge in [0.2, 0.25) is 0 Å². The van der Waals surface area contributed by atoms with Crippen molar-refractivity contribution in [1.29, 1.82) is 0 Å². The molecule has 0 bridgehead atoms. The highest BCUT2D eigenvalue weighted by Gasteiger charge is 2.22. The Morgan fingerprint density at radius 3 is 2.79 bits per heavy atom. The van der Waals surface area contributed by atoms with Gasteiger partial charge >= 0.3 is 5.63 Å². The smallest absolute Gasteiger partial charge is 0.345 e. The molecule has 0 saturated heterocycles. The molecule has 24 heavy (non-hydrogen) atoms. The van der Waals surface area contributed by atoms with Crippen LogP contribution in [0.25, 0.3) is 16.5 Å². The molecule has 3 aromatic rings. The van der Waals surface area contributed by atoms with Gasteiger partial charge in [-0.3, -0.25) is 0 Å². The highest BCUT2D eigenvalue weighted by atomic mass is 35.5. The number of thioether (sulfide) groups is 1. The third kappa shape index (κ3) is 2.72. The number of fused-ring (bicyclic) bond motifs is 3. The molecule has 1 aromatic heterocycles. The van der Waals surface area contributed by atoms with Gasteiger partial charge < -0.3 is 9.15 Å². The van der Waals surface area contributed by atoms with Crippen LogP contribution >= 0.6 is 23.4 Å². The standard InChI is InChI=1S/C19H13ClO3S/c20-14-6-2-4-8-16(14)22-11-12-9-10-24-18-13-5-1-3-7-15(13)23-19(21)17(12)18/h1-9H,10-11H2. The van der Waals surface area contributed by atoms with Crippen LogP contribution in [-0.4, -0.2) is 12.4 Å². The zero-order valence-corrected chi connectivity index (χ0v) is 14.2. The van der Waals surface area contributed by atoms with Gasteiger partial charge in [0.25, 0.3) is 0 Å². The summed E-state index contributed by atoms with van der Waals surface area (Å²) in [5.74, 6) is 1.40. The van der Waals surface area contributed by atoms with Gasteiger partial charge in [-0.25, -0.2) is 4.79 Å². The molecule has 2 heterocycles. The van der Waals surface area contributed by atoms with E-state index in [1.165, 1.54) is 0 Å². The van der Waals surface area contributed by atoms with E-state index in [-0.39, 0.29) is 12.2 Å². The molecule has 0 spiro atoms. The minimum absolute atomic E-state index is 0.278. The lowest BCUT2D eigenvalue weighted by molar-refractivity contribution is 0.369. The fourth-order valence-electron chi connectivity index (χ4n) is 2.72. The van der Waals surface area contributed by atoms with E-state index in [0.29, 0.717) is 21.9 Å². The molecule has 5 heteroatoms. The third-order valence-electron chi connectivity index (χ3n) is 3.86. The highest BCUT2D eigenvalue weighted by Crippen LogP contribution is 2.37. The molecule has 2 aromatic carbocycles. The van der Waals surface area contributed by atoms with Gasteiger partial charge in [-0.05, 0) is 18.2 Å². The fourth-order valence-corrected chi connectivity index (χ4v) is 4.05. The lowest BCUT2D eigenvalue weighted by atomic mass is 10.1. The quantitative estimate of drug-likeness (QED) is 0.618. The molecule has 0 amide bonds. The first-order valence-corrected chi connectivity index (χ1v) is 8.86. The van der Waals surface area contributed by atoms with Crippen LogP contribution in [0.3, 0.4) is 0 Å². The lowest BCUT2D eigenvalue weighted by Gasteiger charge is -2.18. The van der Waals surface area contributed by atoms with Crippen molar-refractivity contribution in [3.8, 4) is 5.75 Å². The molecule has 3 nitrogen and oxygen atoms in total. The first-order chi connectivity index (χ1) is 11.7. The summed E-state index contributed by atoms with van der Waals surface area (Å²) in [5, 5.41) is 1.51. The summed E-state index contributed by atoms with van der Waals surface area (Å²) in [6, 6.07) is 14.9. The molecule has 1 aliphatic rings. The average molecular weight is 357 g/mol. The van der Waals surface area contributed by atoms with Crippen molar-refractivity contribution >= 4 is 39.9 Å². The zero-order chi connectivity index (χ0) is 16.5. The minimum atomic E-state index is -0.329. The van der Waals surface area contributed by atoms with E-state index in [2.05, 4.69) is 0 Å². The van der Waals surface area contributed by atoms with Crippen LogP contribution in [-0.2, 0) is 0 Å². The van der Waals surface area contributed by atoms with E-state index < -0.39 is 0 Å². The maximum absolute atomic E-state index is 12.5. The molecule has 4 rings (SSSR count). The molecule has 0 fully saturated rings. The Bertz CT molecular complexity index is 1010. The van der Waals surface area contributed by atoms with Crippen LogP contribution < -0.4 is 10.4 Å². The monoisotopic (exact) mass is 356 g/mol. The van der Waals surface area contributed by atoms with Gasteiger partial charge in [0.15, 0.2) is 0 Å². The number of halogens is 1. The summed E-state index contributed by atoms with van der Waals surface area (Å²) in [6.45, 7) is 0.278. The Morgan fingerprint density at radius 2 is 1.92 bits per heavy atom. The molecule has 0 radical (unpaired) electrons. The predicted molar refractivity (Wildman–Crippen MR) is 98.1 cm³/mol. The van der Waals surface area contributed by atoms with Gasteiger partial charge in [0, 0.05) is 21.6 Å². The number of para-hydroxylation sites is 2. The summed E-state index contributed by atoms with van der Waals surface area (Å²) >= 11 is 7.77. The van der Waals surface area contributed by atoms with Crippen molar-refractivity contribution in [3.63, 3.8) is 0 Å². The second-order valence-electron chi connectivity index (χ2n) is 5.35. The molecular formula is C19H13ClO3S. The topological polar surface area (TPSA) is 39.4 Å². The van der Waals surface area contributed by atoms with Crippen LogP contribution in [0.5, 0.6) is 5.75 Å². The van der Waals surface area contributed by atoms with Crippen LogP contribution in [0.4, 0.5) is 0 Å². The molecular weight excluding hydrogens is 344 g/mol. The van der Waals surface area contributed by atoms with E-state index >= 15 is 0 Å². The summed E-state index contributed by atoms with van der Waals surface area (Å²) in [7, 11) is 0. The third-order valence-corrected chi connectivity index (χ3v) is 5.22. The Morgan fingerprint density at radius 1 is 1.12 bits per heavy atom. The van der Waals surface area contributed by atoms with Gasteiger partial charge in [0.1, 0.15) is 17.9 Å². The van der Waals surface area contributed by atoms with Gasteiger partial charge in [0.05, 0.1) is 10.6 Å². The van der Waals surface area contributed by atoms with Crippen molar-refractivity contribution in [2.45, 2.75) is 4.90 Å². The van der Waals surface area contributed by atoms with Gasteiger partial charge in [-0.1, -0.05) is 48.0 Å². The lowest BCUT2D eigenvalue weighted by Crippen LogP contribution is -2.15. The van der Waals surface area contributed by atoms with Crippen LogP contribution in [0.15, 0.2) is 68.7 Å². The molecule has 0 saturated carbocycles. The number of hydrogen-bond acceptors (Lipinski definition) is 4. The van der Waals surface area contributed by atoms with E-state index in [4.69, 9.17) is 20.8 Å². The SMILES string of the molecule is O=c1oc2ccccc2c2c1C(COc1ccccc1Cl)=CCS2. The number of benzene rings is 2. The molecule has 120 valence electrons. The van der Waals surface area contributed by atoms with Crippen LogP contribution in [0, 0.1) is 0 Å². The average Bonchev–Trinajstić information content (AvgIpc) is 2.61. The Hall–Kier alpha value is -2.17. The second kappa shape index (κ2) is 6.38. The Labute approximate surface area is 147 Å². The normalized spacial score (nSPS) is 13.5. The maximum atomic E-state index is 12.5. The number of hydrogen-bond donors (Lipinski definition) is 0. The molecule has 0 atom stereocenters. The van der Waals surface area contributed by atoms with E-state index in [0.717, 1.165) is 21.6 Å². The molecule has 0 aliphatic carbocycles. The summed E-state index contributed by atoms with van der Waals surface area (Å²) < 4.78 is 11.3. The van der Waals surface area contributed by atoms with Crippen molar-refractivity contribution in [2.24, 2.45) is 0 Å². The Balaban J connectivity index is 1.73. The number of ether oxygens (including phenoxy) is 1. The summed E-state index contributed by atoms with van der Waals surface area (Å²) in [4.78, 5) is 13.4. The molecule has 0 unspecified atom stereocenters. The van der Waals surface area contributed by atoms with Crippen molar-refractivity contribution < 1.29 is 9.15 Å². The highest BCUT2D eigenvalue weighted by molar-refractivity contribution is 7.99. The molecule has 0 N–H and O–H groups in total. The maximum Gasteiger partial charge on any atom is 0.345 e. The van der Waals surface area contributed by atoms with Gasteiger partial charge in [-0.2, -0.15) is 0 Å². The molecule has 1 aliphatic heterocycles. The summed E-state index contributed by atoms with van der Waals surface area (Å²) in [5.41, 5.74) is 1.71. The first-order valence-electron chi connectivity index (χ1n) is 7.49. The van der Waals surface area contributed by atoms with E-state index in [1.807, 2.05) is 48.5 Å². The summed E-state index contributed by atoms with van der Waals surface area (Å²) in [6.07, 6.45) is 2.01. The minimum Gasteiger partial charge on any atom is -0.487 e. The van der Waals surface area contributed by atoms with Crippen molar-refractivity contribution in [2.75, 3.05) is 12.4 Å². The van der Waals surface area contributed by atoms with Gasteiger partial charge in [-0.15, -0.1) is 11.8 Å². The second-order valence-corrected chi connectivity index (χ2v) is 6.79. The number of rotatable bonds is 3. The van der Waals surface area contributed by atoms with E-state index in [1.54, 1.807) is 17.8 Å². The van der Waals surface area contributed by atoms with E-state index in [9.17, 15) is 4.79 Å². The largest absolute Gasteiger partial charge is 0.487 e. The van der Waals surface area contributed by atoms with Crippen molar-refractivity contribution in [3.05, 3.63) is 75.6 Å². The van der Waals surface area contributed by atoms with Crippen molar-refractivity contribution in [1.82, 2.24) is 0 Å². The van der Waals surface area contributed by atoms with Crippen LogP contribution in [0.2, 0.25) is 5.02 Å². The predicted octanol–water partition coefficient (Wildman–Crippen LogP) is 5.01. The Kier molecular flexibility index (Phi) is 4.08. The first kappa shape index (κ1) is 15.4. The zero-order valence-electron chi connectivity index (χ0n) is 12.6.